The molecule has 3 aromatic rings. The number of benzene rings is 3. The highest BCUT2D eigenvalue weighted by atomic mass is 16.5. The van der Waals surface area contributed by atoms with E-state index in [-0.39, 0.29) is 18.1 Å². The molecule has 0 heterocycles. The van der Waals surface area contributed by atoms with E-state index in [1.165, 1.54) is 0 Å². The molecule has 0 amide bonds. The van der Waals surface area contributed by atoms with Crippen LogP contribution in [0.2, 0.25) is 0 Å². The SMILES string of the molecule is OCc1ccc(OCc2ccccc2)c(OCc2ccccc2)c1O. The summed E-state index contributed by atoms with van der Waals surface area (Å²) in [6.45, 7) is 0.387. The zero-order valence-corrected chi connectivity index (χ0v) is 13.8. The smallest absolute Gasteiger partial charge is 0.204 e. The average molecular weight is 336 g/mol. The van der Waals surface area contributed by atoms with Gasteiger partial charge in [-0.05, 0) is 23.3 Å². The van der Waals surface area contributed by atoms with Gasteiger partial charge >= 0.3 is 0 Å². The summed E-state index contributed by atoms with van der Waals surface area (Å²) >= 11 is 0. The van der Waals surface area contributed by atoms with E-state index in [9.17, 15) is 10.2 Å². The van der Waals surface area contributed by atoms with Gasteiger partial charge in [-0.25, -0.2) is 0 Å². The minimum atomic E-state index is -0.271. The summed E-state index contributed by atoms with van der Waals surface area (Å²) in [6, 6.07) is 22.8. The van der Waals surface area contributed by atoms with E-state index < -0.39 is 0 Å². The van der Waals surface area contributed by atoms with Crippen LogP contribution in [0.15, 0.2) is 72.8 Å². The van der Waals surface area contributed by atoms with Crippen molar-refractivity contribution in [2.75, 3.05) is 0 Å². The lowest BCUT2D eigenvalue weighted by Crippen LogP contribution is -2.02. The Hall–Kier alpha value is -2.98. The zero-order valence-electron chi connectivity index (χ0n) is 13.8. The molecule has 0 spiro atoms. The van der Waals surface area contributed by atoms with Crippen molar-refractivity contribution in [1.82, 2.24) is 0 Å². The summed E-state index contributed by atoms with van der Waals surface area (Å²) in [5, 5.41) is 19.8. The first-order valence-corrected chi connectivity index (χ1v) is 8.07. The summed E-state index contributed by atoms with van der Waals surface area (Å²) in [4.78, 5) is 0. The van der Waals surface area contributed by atoms with Crippen molar-refractivity contribution in [3.05, 3.63) is 89.5 Å². The number of ether oxygens (including phenoxy) is 2. The molecule has 0 aliphatic carbocycles. The molecule has 0 atom stereocenters. The van der Waals surface area contributed by atoms with E-state index in [1.807, 2.05) is 60.7 Å². The molecule has 0 unspecified atom stereocenters. The van der Waals surface area contributed by atoms with Crippen LogP contribution >= 0.6 is 0 Å². The van der Waals surface area contributed by atoms with Crippen LogP contribution in [0.1, 0.15) is 16.7 Å². The van der Waals surface area contributed by atoms with Gasteiger partial charge in [0.05, 0.1) is 6.61 Å². The molecular formula is C21H20O4. The molecule has 128 valence electrons. The van der Waals surface area contributed by atoms with Crippen LogP contribution in [0, 0.1) is 0 Å². The van der Waals surface area contributed by atoms with Crippen molar-refractivity contribution in [2.24, 2.45) is 0 Å². The van der Waals surface area contributed by atoms with Crippen molar-refractivity contribution in [3.63, 3.8) is 0 Å². The van der Waals surface area contributed by atoms with E-state index >= 15 is 0 Å². The minimum Gasteiger partial charge on any atom is -0.504 e. The number of aliphatic hydroxyl groups is 1. The van der Waals surface area contributed by atoms with Crippen molar-refractivity contribution < 1.29 is 19.7 Å². The number of aromatic hydroxyl groups is 1. The largest absolute Gasteiger partial charge is 0.504 e. The molecule has 3 aromatic carbocycles. The Balaban J connectivity index is 1.80. The predicted molar refractivity (Wildman–Crippen MR) is 95.6 cm³/mol. The molecule has 0 aliphatic rings. The second kappa shape index (κ2) is 8.22. The van der Waals surface area contributed by atoms with Crippen molar-refractivity contribution in [2.45, 2.75) is 19.8 Å². The van der Waals surface area contributed by atoms with Crippen LogP contribution in [0.3, 0.4) is 0 Å². The fourth-order valence-corrected chi connectivity index (χ4v) is 2.44. The van der Waals surface area contributed by atoms with Crippen molar-refractivity contribution in [3.8, 4) is 17.2 Å². The van der Waals surface area contributed by atoms with Gasteiger partial charge in [-0.2, -0.15) is 0 Å². The van der Waals surface area contributed by atoms with E-state index in [0.29, 0.717) is 24.5 Å². The van der Waals surface area contributed by atoms with Crippen molar-refractivity contribution in [1.29, 1.82) is 0 Å². The Morgan fingerprint density at radius 2 is 1.24 bits per heavy atom. The monoisotopic (exact) mass is 336 g/mol. The van der Waals surface area contributed by atoms with Crippen LogP contribution in [0.5, 0.6) is 17.2 Å². The normalized spacial score (nSPS) is 10.4. The first-order valence-electron chi connectivity index (χ1n) is 8.07. The third-order valence-electron chi connectivity index (χ3n) is 3.81. The Labute approximate surface area is 146 Å². The Bertz CT molecular complexity index is 801. The molecule has 0 aromatic heterocycles. The lowest BCUT2D eigenvalue weighted by molar-refractivity contribution is 0.238. The van der Waals surface area contributed by atoms with E-state index in [0.717, 1.165) is 11.1 Å². The maximum absolute atomic E-state index is 10.4. The second-order valence-electron chi connectivity index (χ2n) is 5.61. The van der Waals surface area contributed by atoms with Gasteiger partial charge < -0.3 is 19.7 Å². The molecular weight excluding hydrogens is 316 g/mol. The van der Waals surface area contributed by atoms with Gasteiger partial charge in [0.2, 0.25) is 5.75 Å². The van der Waals surface area contributed by atoms with Gasteiger partial charge in [0.1, 0.15) is 13.2 Å². The number of rotatable bonds is 7. The molecule has 25 heavy (non-hydrogen) atoms. The minimum absolute atomic E-state index is 0.0935. The Kier molecular flexibility index (Phi) is 5.54. The summed E-state index contributed by atoms with van der Waals surface area (Å²) in [6.07, 6.45) is 0. The highest BCUT2D eigenvalue weighted by Gasteiger charge is 2.15. The fraction of sp³-hybridized carbons (Fsp3) is 0.143. The topological polar surface area (TPSA) is 58.9 Å². The van der Waals surface area contributed by atoms with Gasteiger partial charge in [0, 0.05) is 5.56 Å². The molecule has 0 aliphatic heterocycles. The molecule has 4 heteroatoms. The summed E-state index contributed by atoms with van der Waals surface area (Å²) < 4.78 is 11.6. The Morgan fingerprint density at radius 3 is 1.80 bits per heavy atom. The highest BCUT2D eigenvalue weighted by molar-refractivity contribution is 5.54. The molecule has 2 N–H and O–H groups in total. The van der Waals surface area contributed by atoms with Crippen LogP contribution in [-0.2, 0) is 19.8 Å². The third-order valence-corrected chi connectivity index (χ3v) is 3.81. The van der Waals surface area contributed by atoms with Gasteiger partial charge in [0.25, 0.3) is 0 Å². The molecule has 0 saturated carbocycles. The zero-order chi connectivity index (χ0) is 17.5. The fourth-order valence-electron chi connectivity index (χ4n) is 2.44. The summed E-state index contributed by atoms with van der Waals surface area (Å²) in [5.41, 5.74) is 2.39. The van der Waals surface area contributed by atoms with E-state index in [2.05, 4.69) is 0 Å². The summed E-state index contributed by atoms with van der Waals surface area (Å²) in [7, 11) is 0. The molecule has 3 rings (SSSR count). The lowest BCUT2D eigenvalue weighted by Gasteiger charge is -2.16. The second-order valence-corrected chi connectivity index (χ2v) is 5.61. The number of hydrogen-bond acceptors (Lipinski definition) is 4. The summed E-state index contributed by atoms with van der Waals surface area (Å²) in [5.74, 6) is 0.588. The van der Waals surface area contributed by atoms with Gasteiger partial charge in [0.15, 0.2) is 11.5 Å². The number of phenols is 1. The van der Waals surface area contributed by atoms with Gasteiger partial charge in [-0.15, -0.1) is 0 Å². The van der Waals surface area contributed by atoms with Crippen LogP contribution in [-0.4, -0.2) is 10.2 Å². The molecule has 4 nitrogen and oxygen atoms in total. The van der Waals surface area contributed by atoms with Gasteiger partial charge in [-0.1, -0.05) is 60.7 Å². The van der Waals surface area contributed by atoms with Crippen LogP contribution in [0.4, 0.5) is 0 Å². The lowest BCUT2D eigenvalue weighted by atomic mass is 10.1. The molecule has 0 bridgehead atoms. The molecule has 0 saturated heterocycles. The van der Waals surface area contributed by atoms with Crippen LogP contribution in [0.25, 0.3) is 0 Å². The average Bonchev–Trinajstić information content (AvgIpc) is 2.67. The van der Waals surface area contributed by atoms with Gasteiger partial charge in [-0.3, -0.25) is 0 Å². The third kappa shape index (κ3) is 4.31. The molecule has 0 fully saturated rings. The standard InChI is InChI=1S/C21H20O4/c22-13-18-11-12-19(24-14-16-7-3-1-4-8-16)21(20(18)23)25-15-17-9-5-2-6-10-17/h1-12,22-23H,13-15H2. The van der Waals surface area contributed by atoms with Crippen LogP contribution < -0.4 is 9.47 Å². The maximum Gasteiger partial charge on any atom is 0.204 e. The quantitative estimate of drug-likeness (QED) is 0.683. The Morgan fingerprint density at radius 1 is 0.680 bits per heavy atom. The maximum atomic E-state index is 10.4. The first-order chi connectivity index (χ1) is 12.3. The van der Waals surface area contributed by atoms with E-state index in [1.54, 1.807) is 12.1 Å². The van der Waals surface area contributed by atoms with Crippen molar-refractivity contribution >= 4 is 0 Å². The number of aliphatic hydroxyl groups excluding tert-OH is 1. The predicted octanol–water partition coefficient (Wildman–Crippen LogP) is 4.04. The first kappa shape index (κ1) is 16.9. The molecule has 0 radical (unpaired) electrons. The highest BCUT2D eigenvalue weighted by Crippen LogP contribution is 2.40. The van der Waals surface area contributed by atoms with E-state index in [4.69, 9.17) is 9.47 Å². The number of hydrogen-bond donors (Lipinski definition) is 2.